The molecule has 0 aliphatic carbocycles. The van der Waals surface area contributed by atoms with Crippen LogP contribution in [-0.4, -0.2) is 51.4 Å². The molecule has 0 aliphatic rings. The van der Waals surface area contributed by atoms with Crippen LogP contribution in [-0.2, 0) is 43.8 Å². The predicted octanol–water partition coefficient (Wildman–Crippen LogP) is 3.69. The van der Waals surface area contributed by atoms with Crippen molar-refractivity contribution in [3.63, 3.8) is 0 Å². The van der Waals surface area contributed by atoms with Crippen molar-refractivity contribution < 1.29 is 47.7 Å². The van der Waals surface area contributed by atoms with Crippen molar-refractivity contribution in [1.82, 2.24) is 14.7 Å². The summed E-state index contributed by atoms with van der Waals surface area (Å²) in [6.07, 6.45) is 0. The smallest absolute Gasteiger partial charge is 0.394 e. The Hall–Kier alpha value is -3.82. The molecule has 1 heterocycles. The number of anilines is 2. The summed E-state index contributed by atoms with van der Waals surface area (Å²) in [5.41, 5.74) is 13.9. The van der Waals surface area contributed by atoms with Crippen LogP contribution in [0.1, 0.15) is 11.3 Å². The van der Waals surface area contributed by atoms with E-state index in [4.69, 9.17) is 61.7 Å². The second kappa shape index (κ2) is 14.7. The van der Waals surface area contributed by atoms with E-state index >= 15 is 0 Å². The van der Waals surface area contributed by atoms with Crippen LogP contribution in [0.15, 0.2) is 70.5 Å². The first-order chi connectivity index (χ1) is 21.3. The number of methoxy groups -OCH3 is 1. The van der Waals surface area contributed by atoms with Crippen molar-refractivity contribution in [2.75, 3.05) is 18.6 Å². The minimum absolute atomic E-state index is 0.0551. The van der Waals surface area contributed by atoms with Crippen LogP contribution in [0.4, 0.5) is 15.7 Å². The zero-order chi connectivity index (χ0) is 34.4. The molecule has 46 heavy (non-hydrogen) atoms. The van der Waals surface area contributed by atoms with Crippen molar-refractivity contribution >= 4 is 65.6 Å². The first kappa shape index (κ1) is 36.6. The summed E-state index contributed by atoms with van der Waals surface area (Å²) < 4.78 is 106. The highest BCUT2D eigenvalue weighted by atomic mass is 35.5. The lowest BCUT2D eigenvalue weighted by atomic mass is 10.0. The number of nitrogens with one attached hydrogen (secondary N) is 1. The van der Waals surface area contributed by atoms with Gasteiger partial charge >= 0.3 is 20.6 Å². The third-order valence-electron chi connectivity index (χ3n) is 5.71. The van der Waals surface area contributed by atoms with Crippen LogP contribution >= 0.6 is 23.2 Å². The molecule has 0 atom stereocenters. The highest BCUT2D eigenvalue weighted by molar-refractivity contribution is 7.89. The predicted molar refractivity (Wildman–Crippen MR) is 167 cm³/mol. The second-order valence-corrected chi connectivity index (χ2v) is 13.7. The Labute approximate surface area is 273 Å². The number of hydrogen-bond donors (Lipinski definition) is 5. The van der Waals surface area contributed by atoms with Gasteiger partial charge in [0.15, 0.2) is 11.5 Å². The van der Waals surface area contributed by atoms with Gasteiger partial charge in [-0.15, -0.1) is 3.89 Å². The first-order valence-corrected chi connectivity index (χ1v) is 17.2. The number of halogens is 3. The molecule has 0 unspecified atom stereocenters. The summed E-state index contributed by atoms with van der Waals surface area (Å²) in [6.45, 7) is -0.220. The van der Waals surface area contributed by atoms with Crippen LogP contribution < -0.4 is 25.7 Å². The third kappa shape index (κ3) is 10.4. The Morgan fingerprint density at radius 2 is 1.46 bits per heavy atom. The van der Waals surface area contributed by atoms with Gasteiger partial charge in [-0.2, -0.15) is 21.8 Å². The van der Waals surface area contributed by atoms with Crippen molar-refractivity contribution in [2.24, 2.45) is 0 Å². The molecular formula is C25H24Cl2FN5O10S3. The van der Waals surface area contributed by atoms with Crippen LogP contribution in [0.2, 0.25) is 10.0 Å². The molecular weight excluding hydrogens is 716 g/mol. The lowest BCUT2D eigenvalue weighted by Gasteiger charge is -2.16. The summed E-state index contributed by atoms with van der Waals surface area (Å²) in [7, 11) is -12.2. The van der Waals surface area contributed by atoms with Crippen molar-refractivity contribution in [1.29, 1.82) is 0 Å². The Kier molecular flexibility index (Phi) is 11.7. The molecule has 0 fully saturated rings. The number of rotatable bonds is 10. The molecule has 0 spiro atoms. The Bertz CT molecular complexity index is 2060. The van der Waals surface area contributed by atoms with Crippen molar-refractivity contribution in [2.45, 2.75) is 22.9 Å². The molecule has 4 aromatic rings. The molecule has 1 aromatic heterocycles. The third-order valence-corrected chi connectivity index (χ3v) is 8.70. The minimum Gasteiger partial charge on any atom is -0.493 e. The van der Waals surface area contributed by atoms with Gasteiger partial charge in [0.05, 0.1) is 32.6 Å². The fourth-order valence-electron chi connectivity index (χ4n) is 3.75. The minimum atomic E-state index is -4.95. The monoisotopic (exact) mass is 739 g/mol. The quantitative estimate of drug-likeness (QED) is 0.115. The molecule has 0 radical (unpaired) electrons. The van der Waals surface area contributed by atoms with E-state index in [2.05, 4.69) is 14.7 Å². The van der Waals surface area contributed by atoms with Gasteiger partial charge in [0, 0.05) is 12.1 Å². The number of nitrogens with zero attached hydrogens (tertiary/aromatic N) is 2. The number of ether oxygens (including phenoxy) is 2. The van der Waals surface area contributed by atoms with E-state index in [1.165, 1.54) is 7.11 Å². The van der Waals surface area contributed by atoms with Crippen molar-refractivity contribution in [3.8, 4) is 22.6 Å². The first-order valence-electron chi connectivity index (χ1n) is 12.2. The van der Waals surface area contributed by atoms with Crippen LogP contribution in [0.3, 0.4) is 0 Å². The van der Waals surface area contributed by atoms with Crippen LogP contribution in [0.25, 0.3) is 11.1 Å². The summed E-state index contributed by atoms with van der Waals surface area (Å²) in [5, 5.41) is 0.672. The molecule has 248 valence electrons. The topological polar surface area (TPSA) is 251 Å². The number of aromatic nitrogens is 2. The molecule has 4 rings (SSSR count). The molecule has 15 nitrogen and oxygen atoms in total. The standard InChI is InChI=1S/C25H22Cl2FN5O6S2.H2O4S/c1-38-22-10-14(12-31-41(36,37)17-6-4-16(5-7-17)40(28,34)35)2-9-21(22)39-13-20-23(24(29)33-25(30)32-20)15-3-8-18(26)19(27)11-15;1-5(2,3)4/h2-11,31H,12-13H2,1H3,(H4,29,30,32,33);(H2,1,2,3,4). The van der Waals surface area contributed by atoms with E-state index < -0.39 is 35.5 Å². The van der Waals surface area contributed by atoms with Gasteiger partial charge < -0.3 is 20.9 Å². The van der Waals surface area contributed by atoms with E-state index in [1.54, 1.807) is 36.4 Å². The second-order valence-electron chi connectivity index (χ2n) is 8.87. The van der Waals surface area contributed by atoms with Gasteiger partial charge in [-0.25, -0.2) is 18.1 Å². The number of nitrogens with two attached hydrogens (primary N) is 2. The lowest BCUT2D eigenvalue weighted by molar-refractivity contribution is 0.281. The number of hydrogen-bond acceptors (Lipinski definition) is 12. The summed E-state index contributed by atoms with van der Waals surface area (Å²) >= 11 is 12.2. The van der Waals surface area contributed by atoms with E-state index in [0.717, 1.165) is 24.3 Å². The fourth-order valence-corrected chi connectivity index (χ4v) is 5.52. The zero-order valence-corrected chi connectivity index (χ0v) is 27.2. The Morgan fingerprint density at radius 3 is 2.02 bits per heavy atom. The van der Waals surface area contributed by atoms with Gasteiger partial charge in [0.2, 0.25) is 16.0 Å². The van der Waals surface area contributed by atoms with Gasteiger partial charge in [-0.1, -0.05) is 35.3 Å². The van der Waals surface area contributed by atoms with Crippen LogP contribution in [0.5, 0.6) is 11.5 Å². The van der Waals surface area contributed by atoms with E-state index in [0.29, 0.717) is 43.9 Å². The maximum absolute atomic E-state index is 13.1. The lowest BCUT2D eigenvalue weighted by Crippen LogP contribution is -2.23. The molecule has 0 saturated heterocycles. The van der Waals surface area contributed by atoms with Gasteiger partial charge in [-0.05, 0) is 59.7 Å². The highest BCUT2D eigenvalue weighted by Gasteiger charge is 2.19. The average Bonchev–Trinajstić information content (AvgIpc) is 2.95. The Morgan fingerprint density at radius 1 is 0.848 bits per heavy atom. The van der Waals surface area contributed by atoms with Crippen LogP contribution in [0, 0.1) is 0 Å². The average molecular weight is 741 g/mol. The maximum atomic E-state index is 13.1. The Balaban J connectivity index is 0.00000107. The van der Waals surface area contributed by atoms with Crippen molar-refractivity contribution in [3.05, 3.63) is 82.0 Å². The summed E-state index contributed by atoms with van der Waals surface area (Å²) in [4.78, 5) is 7.41. The molecule has 3 aromatic carbocycles. The SMILES string of the molecule is COc1cc(CNS(=O)(=O)c2ccc(S(=O)(=O)F)cc2)ccc1OCc1nc(N)nc(N)c1-c1ccc(Cl)c(Cl)c1.O=S(=O)(O)O. The summed E-state index contributed by atoms with van der Waals surface area (Å²) in [6, 6.07) is 13.4. The molecule has 7 N–H and O–H groups in total. The van der Waals surface area contributed by atoms with E-state index in [-0.39, 0.29) is 29.8 Å². The highest BCUT2D eigenvalue weighted by Crippen LogP contribution is 2.35. The van der Waals surface area contributed by atoms with Gasteiger partial charge in [-0.3, -0.25) is 9.11 Å². The normalized spacial score (nSPS) is 11.8. The van der Waals surface area contributed by atoms with E-state index in [9.17, 15) is 20.7 Å². The van der Waals surface area contributed by atoms with E-state index in [1.807, 2.05) is 0 Å². The van der Waals surface area contributed by atoms with Gasteiger partial charge in [0.25, 0.3) is 0 Å². The summed E-state index contributed by atoms with van der Waals surface area (Å²) in [5.74, 6) is 0.675. The molecule has 0 amide bonds. The molecule has 21 heteroatoms. The largest absolute Gasteiger partial charge is 0.493 e. The molecule has 0 aliphatic heterocycles. The maximum Gasteiger partial charge on any atom is 0.394 e. The molecule has 0 bridgehead atoms. The fraction of sp³-hybridized carbons (Fsp3) is 0.120. The number of benzene rings is 3. The molecule has 0 saturated carbocycles. The zero-order valence-electron chi connectivity index (χ0n) is 23.3. The number of nitrogen functional groups attached to an aromatic ring is 2. The van der Waals surface area contributed by atoms with Gasteiger partial charge in [0.1, 0.15) is 12.4 Å². The number of sulfonamides is 1.